The van der Waals surface area contributed by atoms with Crippen molar-refractivity contribution < 1.29 is 0 Å². The molecule has 0 spiro atoms. The van der Waals surface area contributed by atoms with Crippen LogP contribution in [-0.4, -0.2) is 60.1 Å². The summed E-state index contributed by atoms with van der Waals surface area (Å²) in [5.74, 6) is 0.965. The van der Waals surface area contributed by atoms with Crippen molar-refractivity contribution in [2.45, 2.75) is 38.4 Å². The third-order valence-electron chi connectivity index (χ3n) is 6.30. The highest BCUT2D eigenvalue weighted by Gasteiger charge is 2.26. The van der Waals surface area contributed by atoms with Crippen molar-refractivity contribution in [3.05, 3.63) is 63.7 Å². The predicted octanol–water partition coefficient (Wildman–Crippen LogP) is 4.18. The summed E-state index contributed by atoms with van der Waals surface area (Å²) in [5.41, 5.74) is 1.97. The van der Waals surface area contributed by atoms with Gasteiger partial charge in [-0.05, 0) is 56.1 Å². The maximum atomic E-state index is 10.6. The zero-order valence-corrected chi connectivity index (χ0v) is 18.2. The number of rotatable bonds is 6. The van der Waals surface area contributed by atoms with Crippen molar-refractivity contribution in [2.24, 2.45) is 5.18 Å². The molecule has 0 amide bonds. The van der Waals surface area contributed by atoms with Crippen LogP contribution in [0.1, 0.15) is 30.5 Å². The lowest BCUT2D eigenvalue weighted by Gasteiger charge is -2.38. The topological polar surface area (TPSA) is 52.0 Å². The van der Waals surface area contributed by atoms with E-state index in [9.17, 15) is 4.91 Å². The molecule has 30 heavy (non-hydrogen) atoms. The van der Waals surface area contributed by atoms with Crippen LogP contribution in [0.15, 0.2) is 47.6 Å². The lowest BCUT2D eigenvalue weighted by molar-refractivity contribution is 0.110. The maximum absolute atomic E-state index is 10.6. The van der Waals surface area contributed by atoms with Crippen molar-refractivity contribution in [1.29, 1.82) is 0 Å². The van der Waals surface area contributed by atoms with E-state index in [1.54, 1.807) is 0 Å². The molecule has 2 fully saturated rings. The fraction of sp³-hybridized carbons (Fsp3) is 0.522. The summed E-state index contributed by atoms with van der Waals surface area (Å²) in [4.78, 5) is 22.7. The lowest BCUT2D eigenvalue weighted by Crippen LogP contribution is -2.46. The van der Waals surface area contributed by atoms with Crippen LogP contribution in [0.3, 0.4) is 0 Å². The highest BCUT2D eigenvalue weighted by Crippen LogP contribution is 2.23. The molecule has 0 N–H and O–H groups in total. The van der Waals surface area contributed by atoms with E-state index in [2.05, 4.69) is 37.0 Å². The van der Waals surface area contributed by atoms with Gasteiger partial charge in [-0.15, -0.1) is 0 Å². The Morgan fingerprint density at radius 2 is 1.80 bits per heavy atom. The minimum absolute atomic E-state index is 0.139. The highest BCUT2D eigenvalue weighted by atomic mass is 35.5. The van der Waals surface area contributed by atoms with Gasteiger partial charge in [0.05, 0.1) is 5.69 Å². The molecule has 0 aliphatic carbocycles. The molecule has 0 saturated carbocycles. The van der Waals surface area contributed by atoms with Crippen molar-refractivity contribution in [2.75, 3.05) is 44.2 Å². The van der Waals surface area contributed by atoms with E-state index < -0.39 is 0 Å². The van der Waals surface area contributed by atoms with Gasteiger partial charge in [0.1, 0.15) is 12.4 Å². The Kier molecular flexibility index (Phi) is 7.31. The number of pyridine rings is 1. The first-order valence-electron chi connectivity index (χ1n) is 10.9. The van der Waals surface area contributed by atoms with Crippen LogP contribution in [0.2, 0.25) is 5.02 Å². The zero-order valence-electron chi connectivity index (χ0n) is 17.4. The summed E-state index contributed by atoms with van der Waals surface area (Å²) < 4.78 is 0. The van der Waals surface area contributed by atoms with Crippen LogP contribution in [0.25, 0.3) is 0 Å². The number of nitroso groups, excluding NO2 is 1. The molecular weight excluding hydrogens is 398 g/mol. The van der Waals surface area contributed by atoms with Crippen molar-refractivity contribution in [3.63, 3.8) is 0 Å². The van der Waals surface area contributed by atoms with Crippen molar-refractivity contribution in [1.82, 2.24) is 14.8 Å². The van der Waals surface area contributed by atoms with Gasteiger partial charge in [-0.2, -0.15) is 4.91 Å². The van der Waals surface area contributed by atoms with Gasteiger partial charge in [0, 0.05) is 43.8 Å². The summed E-state index contributed by atoms with van der Waals surface area (Å²) in [6.07, 6.45) is 3.56. The first kappa shape index (κ1) is 21.2. The summed E-state index contributed by atoms with van der Waals surface area (Å²) in [6, 6.07) is 14.7. The number of halogens is 1. The van der Waals surface area contributed by atoms with E-state index in [1.807, 2.05) is 30.3 Å². The Hall–Kier alpha value is -2.02. The molecule has 3 heterocycles. The second-order valence-electron chi connectivity index (χ2n) is 8.25. The Labute approximate surface area is 183 Å². The summed E-state index contributed by atoms with van der Waals surface area (Å²) in [6.45, 7) is 7.51. The quantitative estimate of drug-likeness (QED) is 0.647. The van der Waals surface area contributed by atoms with Gasteiger partial charge in [0.15, 0.2) is 0 Å². The van der Waals surface area contributed by atoms with E-state index in [1.165, 1.54) is 18.4 Å². The van der Waals surface area contributed by atoms with Crippen LogP contribution in [0.5, 0.6) is 0 Å². The van der Waals surface area contributed by atoms with Crippen LogP contribution in [-0.2, 0) is 13.1 Å². The molecular formula is C23H30ClN5O. The normalized spacial score (nSPS) is 19.6. The Balaban J connectivity index is 1.29. The first-order chi connectivity index (χ1) is 14.7. The number of piperidine rings is 1. The molecule has 2 aliphatic heterocycles. The molecule has 0 radical (unpaired) electrons. The molecule has 0 atom stereocenters. The Morgan fingerprint density at radius 3 is 2.60 bits per heavy atom. The predicted molar refractivity (Wildman–Crippen MR) is 122 cm³/mol. The van der Waals surface area contributed by atoms with Gasteiger partial charge in [-0.25, -0.2) is 4.98 Å². The van der Waals surface area contributed by atoms with Gasteiger partial charge >= 0.3 is 0 Å². The molecule has 1 aromatic carbocycles. The van der Waals surface area contributed by atoms with E-state index in [0.29, 0.717) is 6.04 Å². The van der Waals surface area contributed by atoms with E-state index in [4.69, 9.17) is 11.6 Å². The monoisotopic (exact) mass is 427 g/mol. The Morgan fingerprint density at radius 1 is 0.967 bits per heavy atom. The molecule has 0 bridgehead atoms. The molecule has 1 aromatic heterocycles. The zero-order chi connectivity index (χ0) is 20.8. The fourth-order valence-electron chi connectivity index (χ4n) is 4.64. The number of hydrogen-bond acceptors (Lipinski definition) is 6. The first-order valence-corrected chi connectivity index (χ1v) is 11.3. The van der Waals surface area contributed by atoms with Gasteiger partial charge in [-0.1, -0.05) is 41.0 Å². The summed E-state index contributed by atoms with van der Waals surface area (Å²) in [7, 11) is 0. The van der Waals surface area contributed by atoms with E-state index >= 15 is 0 Å². The fourth-order valence-corrected chi connectivity index (χ4v) is 4.83. The van der Waals surface area contributed by atoms with Crippen LogP contribution in [0.4, 0.5) is 5.82 Å². The standard InChI is InChI=1S/C23H30ClN5O/c24-22-7-2-1-5-19(22)18-27-13-9-21(10-14-27)28-11-4-12-29(16-15-28)23-8-3-6-20(26-23)17-25-30/h1-3,5-8,21H,4,9-18H2. The molecule has 160 valence electrons. The average molecular weight is 428 g/mol. The van der Waals surface area contributed by atoms with Crippen molar-refractivity contribution >= 4 is 17.4 Å². The van der Waals surface area contributed by atoms with Crippen LogP contribution < -0.4 is 4.90 Å². The minimum Gasteiger partial charge on any atom is -0.355 e. The number of benzene rings is 1. The Bertz CT molecular complexity index is 840. The molecule has 2 saturated heterocycles. The molecule has 7 heteroatoms. The smallest absolute Gasteiger partial charge is 0.128 e. The van der Waals surface area contributed by atoms with E-state index in [0.717, 1.165) is 68.8 Å². The van der Waals surface area contributed by atoms with Gasteiger partial charge in [-0.3, -0.25) is 9.80 Å². The van der Waals surface area contributed by atoms with Crippen LogP contribution >= 0.6 is 11.6 Å². The number of hydrogen-bond donors (Lipinski definition) is 0. The van der Waals surface area contributed by atoms with E-state index in [-0.39, 0.29) is 6.54 Å². The number of nitrogens with zero attached hydrogens (tertiary/aromatic N) is 5. The average Bonchev–Trinajstić information content (AvgIpc) is 3.03. The second-order valence-corrected chi connectivity index (χ2v) is 8.66. The number of likely N-dealkylation sites (tertiary alicyclic amines) is 1. The lowest BCUT2D eigenvalue weighted by atomic mass is 10.0. The molecule has 4 rings (SSSR count). The second kappa shape index (κ2) is 10.3. The van der Waals surface area contributed by atoms with Gasteiger partial charge in [0.2, 0.25) is 0 Å². The molecule has 2 aromatic rings. The maximum Gasteiger partial charge on any atom is 0.128 e. The third kappa shape index (κ3) is 5.36. The molecule has 2 aliphatic rings. The SMILES string of the molecule is O=NCc1cccc(N2CCCN(C3CCN(Cc4ccccc4Cl)CC3)CC2)n1. The number of aromatic nitrogens is 1. The molecule has 6 nitrogen and oxygen atoms in total. The third-order valence-corrected chi connectivity index (χ3v) is 6.67. The number of anilines is 1. The summed E-state index contributed by atoms with van der Waals surface area (Å²) in [5, 5.41) is 3.84. The van der Waals surface area contributed by atoms with Gasteiger partial charge in [0.25, 0.3) is 0 Å². The van der Waals surface area contributed by atoms with Crippen molar-refractivity contribution in [3.8, 4) is 0 Å². The largest absolute Gasteiger partial charge is 0.355 e. The highest BCUT2D eigenvalue weighted by molar-refractivity contribution is 6.31. The molecule has 0 unspecified atom stereocenters. The van der Waals surface area contributed by atoms with Gasteiger partial charge < -0.3 is 4.90 Å². The summed E-state index contributed by atoms with van der Waals surface area (Å²) >= 11 is 6.34. The van der Waals surface area contributed by atoms with Crippen LogP contribution in [0, 0.1) is 4.91 Å². The minimum atomic E-state index is 0.139.